The van der Waals surface area contributed by atoms with Gasteiger partial charge in [0.25, 0.3) is 0 Å². The summed E-state index contributed by atoms with van der Waals surface area (Å²) in [6.45, 7) is 0. The number of rotatable bonds is 4. The van der Waals surface area contributed by atoms with E-state index in [1.54, 1.807) is 21.8 Å². The van der Waals surface area contributed by atoms with Crippen LogP contribution in [0.25, 0.3) is 33.6 Å². The van der Waals surface area contributed by atoms with Crippen molar-refractivity contribution < 1.29 is 0 Å². The topological polar surface area (TPSA) is 61.4 Å². The molecule has 2 aromatic heterocycles. The minimum Gasteiger partial charge on any atom is -0.220 e. The maximum atomic E-state index is 4.13. The molecule has 6 nitrogen and oxygen atoms in total. The van der Waals surface area contributed by atoms with Crippen LogP contribution in [0.1, 0.15) is 0 Å². The predicted molar refractivity (Wildman–Crippen MR) is 107 cm³/mol. The summed E-state index contributed by atoms with van der Waals surface area (Å²) >= 11 is 0. The van der Waals surface area contributed by atoms with E-state index in [1.807, 2.05) is 48.8 Å². The number of nitrogens with zero attached hydrogens (tertiary/aromatic N) is 6. The largest absolute Gasteiger partial charge is 0.220 e. The first-order chi connectivity index (χ1) is 13.9. The van der Waals surface area contributed by atoms with Crippen molar-refractivity contribution in [2.45, 2.75) is 0 Å². The zero-order valence-corrected chi connectivity index (χ0v) is 14.9. The molecule has 0 spiro atoms. The number of aromatic nitrogens is 6. The number of hydrogen-bond acceptors (Lipinski definition) is 4. The van der Waals surface area contributed by atoms with Crippen molar-refractivity contribution in [1.29, 1.82) is 0 Å². The van der Waals surface area contributed by atoms with Crippen LogP contribution in [-0.4, -0.2) is 30.0 Å². The highest BCUT2D eigenvalue weighted by molar-refractivity contribution is 5.78. The molecule has 0 aliphatic heterocycles. The smallest absolute Gasteiger partial charge is 0.0741 e. The van der Waals surface area contributed by atoms with E-state index in [0.29, 0.717) is 0 Å². The summed E-state index contributed by atoms with van der Waals surface area (Å²) in [5.74, 6) is 0. The minimum absolute atomic E-state index is 0.996. The van der Waals surface area contributed by atoms with Crippen molar-refractivity contribution in [3.8, 4) is 33.6 Å². The maximum absolute atomic E-state index is 4.13. The first kappa shape index (κ1) is 16.1. The van der Waals surface area contributed by atoms with Gasteiger partial charge in [-0.15, -0.1) is 10.2 Å². The molecule has 0 saturated heterocycles. The zero-order valence-electron chi connectivity index (χ0n) is 14.9. The Morgan fingerprint density at radius 3 is 1.32 bits per heavy atom. The van der Waals surface area contributed by atoms with Crippen LogP contribution in [0.3, 0.4) is 0 Å². The summed E-state index contributed by atoms with van der Waals surface area (Å²) in [5, 5.41) is 16.1. The quantitative estimate of drug-likeness (QED) is 0.480. The molecular weight excluding hydrogens is 348 g/mol. The Labute approximate surface area is 161 Å². The fraction of sp³-hybridized carbons (Fsp3) is 0. The number of para-hydroxylation sites is 2. The van der Waals surface area contributed by atoms with Crippen LogP contribution >= 0.6 is 0 Å². The summed E-state index contributed by atoms with van der Waals surface area (Å²) in [4.78, 5) is 0. The van der Waals surface area contributed by atoms with Gasteiger partial charge in [0.05, 0.1) is 36.2 Å². The lowest BCUT2D eigenvalue weighted by molar-refractivity contribution is 0.804. The van der Waals surface area contributed by atoms with Crippen LogP contribution in [0.5, 0.6) is 0 Å². The molecule has 0 aliphatic carbocycles. The van der Waals surface area contributed by atoms with Gasteiger partial charge in [-0.3, -0.25) is 0 Å². The molecule has 0 bridgehead atoms. The summed E-state index contributed by atoms with van der Waals surface area (Å²) in [5.41, 5.74) is 6.43. The Morgan fingerprint density at radius 2 is 0.929 bits per heavy atom. The van der Waals surface area contributed by atoms with Crippen molar-refractivity contribution in [1.82, 2.24) is 30.0 Å². The van der Waals surface area contributed by atoms with Crippen LogP contribution in [-0.2, 0) is 0 Å². The van der Waals surface area contributed by atoms with E-state index in [2.05, 4.69) is 57.0 Å². The van der Waals surface area contributed by atoms with Crippen molar-refractivity contribution in [2.24, 2.45) is 0 Å². The number of benzene rings is 3. The van der Waals surface area contributed by atoms with Gasteiger partial charge in [0.15, 0.2) is 0 Å². The average molecular weight is 364 g/mol. The lowest BCUT2D eigenvalue weighted by atomic mass is 9.98. The van der Waals surface area contributed by atoms with E-state index in [4.69, 9.17) is 0 Å². The second kappa shape index (κ2) is 6.92. The third-order valence-electron chi connectivity index (χ3n) is 4.65. The highest BCUT2D eigenvalue weighted by Crippen LogP contribution is 2.31. The van der Waals surface area contributed by atoms with E-state index < -0.39 is 0 Å². The van der Waals surface area contributed by atoms with Gasteiger partial charge >= 0.3 is 0 Å². The summed E-state index contributed by atoms with van der Waals surface area (Å²) in [6, 6.07) is 24.8. The molecule has 0 unspecified atom stereocenters. The monoisotopic (exact) mass is 364 g/mol. The van der Waals surface area contributed by atoms with Crippen LogP contribution in [0.4, 0.5) is 0 Å². The van der Waals surface area contributed by atoms with E-state index in [1.165, 1.54) is 0 Å². The molecule has 0 N–H and O–H groups in total. The van der Waals surface area contributed by atoms with Gasteiger partial charge in [0, 0.05) is 11.1 Å². The average Bonchev–Trinajstić information content (AvgIpc) is 3.48. The Morgan fingerprint density at radius 1 is 0.500 bits per heavy atom. The lowest BCUT2D eigenvalue weighted by Gasteiger charge is -2.12. The van der Waals surface area contributed by atoms with Crippen molar-refractivity contribution in [2.75, 3.05) is 0 Å². The lowest BCUT2D eigenvalue weighted by Crippen LogP contribution is -1.98. The third kappa shape index (κ3) is 2.87. The van der Waals surface area contributed by atoms with Crippen molar-refractivity contribution >= 4 is 0 Å². The van der Waals surface area contributed by atoms with Crippen LogP contribution in [0.15, 0.2) is 97.6 Å². The third-order valence-corrected chi connectivity index (χ3v) is 4.65. The summed E-state index contributed by atoms with van der Waals surface area (Å²) < 4.78 is 3.56. The second-order valence-corrected chi connectivity index (χ2v) is 6.31. The molecule has 0 radical (unpaired) electrons. The van der Waals surface area contributed by atoms with E-state index >= 15 is 0 Å². The highest BCUT2D eigenvalue weighted by atomic mass is 15.4. The van der Waals surface area contributed by atoms with Crippen LogP contribution in [0.2, 0.25) is 0 Å². The molecule has 28 heavy (non-hydrogen) atoms. The van der Waals surface area contributed by atoms with Crippen LogP contribution < -0.4 is 0 Å². The fourth-order valence-corrected chi connectivity index (χ4v) is 3.34. The molecule has 0 saturated carbocycles. The van der Waals surface area contributed by atoms with Crippen molar-refractivity contribution in [3.63, 3.8) is 0 Å². The van der Waals surface area contributed by atoms with E-state index in [9.17, 15) is 0 Å². The molecule has 0 fully saturated rings. The molecule has 3 aromatic carbocycles. The SMILES string of the molecule is c1ccc(-n2ccnn2)c(-c2ccc(-c3ccccc3-n3ccnn3)cc2)c1. The van der Waals surface area contributed by atoms with Gasteiger partial charge in [0.2, 0.25) is 0 Å². The Bertz CT molecular complexity index is 1100. The van der Waals surface area contributed by atoms with Gasteiger partial charge < -0.3 is 0 Å². The molecule has 6 heteroatoms. The van der Waals surface area contributed by atoms with Gasteiger partial charge in [0.1, 0.15) is 0 Å². The molecular formula is C22H16N6. The predicted octanol–water partition coefficient (Wildman–Crippen LogP) is 4.18. The van der Waals surface area contributed by atoms with Crippen LogP contribution in [0, 0.1) is 0 Å². The Balaban J connectivity index is 1.56. The standard InChI is InChI=1S/C22H16N6/c1-3-7-21(27-15-13-23-25-27)19(5-1)17-9-11-18(12-10-17)20-6-2-4-8-22(20)28-16-14-24-26-28/h1-16H. The molecule has 2 heterocycles. The molecule has 134 valence electrons. The highest BCUT2D eigenvalue weighted by Gasteiger charge is 2.10. The zero-order chi connectivity index (χ0) is 18.8. The van der Waals surface area contributed by atoms with E-state index in [-0.39, 0.29) is 0 Å². The molecule has 0 aliphatic rings. The van der Waals surface area contributed by atoms with Gasteiger partial charge in [-0.1, -0.05) is 71.1 Å². The maximum Gasteiger partial charge on any atom is 0.0741 e. The van der Waals surface area contributed by atoms with Crippen molar-refractivity contribution in [3.05, 3.63) is 97.6 Å². The minimum atomic E-state index is 0.996. The molecule has 5 rings (SSSR count). The van der Waals surface area contributed by atoms with Gasteiger partial charge in [-0.05, 0) is 23.3 Å². The first-order valence-corrected chi connectivity index (χ1v) is 8.92. The summed E-state index contributed by atoms with van der Waals surface area (Å²) in [6.07, 6.45) is 7.06. The molecule has 0 atom stereocenters. The molecule has 5 aromatic rings. The molecule has 0 amide bonds. The second-order valence-electron chi connectivity index (χ2n) is 6.31. The Kier molecular flexibility index (Phi) is 3.99. The van der Waals surface area contributed by atoms with Gasteiger partial charge in [-0.25, -0.2) is 9.36 Å². The summed E-state index contributed by atoms with van der Waals surface area (Å²) in [7, 11) is 0. The normalized spacial score (nSPS) is 10.9. The Hall–Kier alpha value is -4.06. The van der Waals surface area contributed by atoms with Gasteiger partial charge in [-0.2, -0.15) is 0 Å². The van der Waals surface area contributed by atoms with E-state index in [0.717, 1.165) is 33.6 Å². The number of hydrogen-bond donors (Lipinski definition) is 0. The fourth-order valence-electron chi connectivity index (χ4n) is 3.34. The first-order valence-electron chi connectivity index (χ1n) is 8.92.